The third-order valence-corrected chi connectivity index (χ3v) is 5.07. The molecule has 0 unspecified atom stereocenters. The lowest BCUT2D eigenvalue weighted by atomic mass is 10.0. The van der Waals surface area contributed by atoms with Gasteiger partial charge in [0.2, 0.25) is 10.0 Å². The van der Waals surface area contributed by atoms with Crippen molar-refractivity contribution in [2.24, 2.45) is 5.92 Å². The third-order valence-electron chi connectivity index (χ3n) is 3.22. The minimum atomic E-state index is -3.48. The molecule has 0 radical (unpaired) electrons. The van der Waals surface area contributed by atoms with E-state index in [0.29, 0.717) is 5.92 Å². The highest BCUT2D eigenvalue weighted by Crippen LogP contribution is 2.18. The van der Waals surface area contributed by atoms with Crippen molar-refractivity contribution >= 4 is 28.5 Å². The van der Waals surface area contributed by atoms with E-state index in [1.165, 1.54) is 0 Å². The summed E-state index contributed by atoms with van der Waals surface area (Å²) in [6, 6.07) is 6.64. The maximum absolute atomic E-state index is 11.5. The predicted molar refractivity (Wildman–Crippen MR) is 77.8 cm³/mol. The van der Waals surface area contributed by atoms with Gasteiger partial charge in [-0.3, -0.25) is 0 Å². The van der Waals surface area contributed by atoms with Gasteiger partial charge < -0.3 is 10.1 Å². The van der Waals surface area contributed by atoms with Crippen LogP contribution >= 0.6 is 12.8 Å². The van der Waals surface area contributed by atoms with Gasteiger partial charge in [-0.05, 0) is 43.0 Å². The average molecular weight is 302 g/mol. The summed E-state index contributed by atoms with van der Waals surface area (Å²) in [5, 5.41) is 3.32. The van der Waals surface area contributed by atoms with Gasteiger partial charge in [0.15, 0.2) is 0 Å². The monoisotopic (exact) mass is 302 g/mol. The van der Waals surface area contributed by atoms with Gasteiger partial charge in [0.25, 0.3) is 0 Å². The molecule has 1 heterocycles. The summed E-state index contributed by atoms with van der Waals surface area (Å²) in [6.07, 6.45) is 2.14. The zero-order valence-corrected chi connectivity index (χ0v) is 12.2. The average Bonchev–Trinajstić information content (AvgIpc) is 2.47. The SMILES string of the molecule is O=S(=O)(NS)c1ccc(NCC2CCOCC2)cc1. The lowest BCUT2D eigenvalue weighted by molar-refractivity contribution is 0.0699. The van der Waals surface area contributed by atoms with E-state index in [4.69, 9.17) is 4.74 Å². The molecular formula is C12H18N2O3S2. The molecule has 0 atom stereocenters. The summed E-state index contributed by atoms with van der Waals surface area (Å²) >= 11 is 3.58. The Kier molecular flexibility index (Phi) is 5.09. The van der Waals surface area contributed by atoms with Crippen molar-refractivity contribution in [2.75, 3.05) is 25.1 Å². The quantitative estimate of drug-likeness (QED) is 0.724. The van der Waals surface area contributed by atoms with E-state index in [-0.39, 0.29) is 4.90 Å². The molecule has 0 spiro atoms. The van der Waals surface area contributed by atoms with E-state index in [0.717, 1.165) is 38.3 Å². The first-order valence-electron chi connectivity index (χ1n) is 6.19. The second-order valence-corrected chi connectivity index (χ2v) is 6.76. The van der Waals surface area contributed by atoms with Crippen LogP contribution in [-0.4, -0.2) is 28.2 Å². The van der Waals surface area contributed by atoms with Crippen LogP contribution in [0.15, 0.2) is 29.2 Å². The van der Waals surface area contributed by atoms with E-state index in [1.54, 1.807) is 24.3 Å². The molecule has 0 aliphatic carbocycles. The fourth-order valence-electron chi connectivity index (χ4n) is 2.02. The minimum Gasteiger partial charge on any atom is -0.385 e. The maximum atomic E-state index is 11.5. The van der Waals surface area contributed by atoms with E-state index in [2.05, 4.69) is 18.1 Å². The molecule has 0 saturated carbocycles. The number of hydrogen-bond acceptors (Lipinski definition) is 5. The third kappa shape index (κ3) is 4.10. The number of anilines is 1. The van der Waals surface area contributed by atoms with Crippen molar-refractivity contribution in [3.8, 4) is 0 Å². The molecular weight excluding hydrogens is 284 g/mol. The van der Waals surface area contributed by atoms with Crippen molar-refractivity contribution in [2.45, 2.75) is 17.7 Å². The van der Waals surface area contributed by atoms with Crippen molar-refractivity contribution in [1.82, 2.24) is 4.13 Å². The number of ether oxygens (including phenoxy) is 1. The van der Waals surface area contributed by atoms with Gasteiger partial charge in [0.05, 0.1) is 4.90 Å². The molecule has 7 heteroatoms. The topological polar surface area (TPSA) is 67.4 Å². The van der Waals surface area contributed by atoms with Crippen molar-refractivity contribution in [1.29, 1.82) is 0 Å². The lowest BCUT2D eigenvalue weighted by Crippen LogP contribution is -2.22. The van der Waals surface area contributed by atoms with Gasteiger partial charge in [-0.1, -0.05) is 12.8 Å². The Hall–Kier alpha value is -0.760. The molecule has 0 bridgehead atoms. The van der Waals surface area contributed by atoms with Crippen LogP contribution in [0.4, 0.5) is 5.69 Å². The summed E-state index contributed by atoms with van der Waals surface area (Å²) in [6.45, 7) is 2.55. The first-order chi connectivity index (χ1) is 9.12. The lowest BCUT2D eigenvalue weighted by Gasteiger charge is -2.22. The van der Waals surface area contributed by atoms with Crippen LogP contribution in [0.1, 0.15) is 12.8 Å². The Morgan fingerprint density at radius 1 is 1.21 bits per heavy atom. The minimum absolute atomic E-state index is 0.208. The van der Waals surface area contributed by atoms with Crippen LogP contribution < -0.4 is 9.44 Å². The van der Waals surface area contributed by atoms with E-state index >= 15 is 0 Å². The van der Waals surface area contributed by atoms with E-state index in [1.807, 2.05) is 4.13 Å². The largest absolute Gasteiger partial charge is 0.385 e. The zero-order valence-electron chi connectivity index (χ0n) is 10.5. The van der Waals surface area contributed by atoms with Crippen molar-refractivity contribution in [3.63, 3.8) is 0 Å². The summed E-state index contributed by atoms with van der Waals surface area (Å²) < 4.78 is 30.3. The highest BCUT2D eigenvalue weighted by atomic mass is 32.3. The number of thiol groups is 1. The summed E-state index contributed by atoms with van der Waals surface area (Å²) in [5.41, 5.74) is 0.921. The Labute approximate surface area is 119 Å². The molecule has 2 rings (SSSR count). The predicted octanol–water partition coefficient (Wildman–Crippen LogP) is 1.65. The Balaban J connectivity index is 1.91. The molecule has 1 aromatic carbocycles. The summed E-state index contributed by atoms with van der Waals surface area (Å²) in [4.78, 5) is 0.208. The molecule has 2 N–H and O–H groups in total. The number of hydrogen-bond donors (Lipinski definition) is 3. The van der Waals surface area contributed by atoms with Gasteiger partial charge in [-0.15, -0.1) is 0 Å². The molecule has 0 aromatic heterocycles. The Bertz CT molecular complexity index is 496. The Morgan fingerprint density at radius 2 is 1.84 bits per heavy atom. The first-order valence-corrected chi connectivity index (χ1v) is 8.12. The van der Waals surface area contributed by atoms with Crippen LogP contribution in [0.3, 0.4) is 0 Å². The maximum Gasteiger partial charge on any atom is 0.249 e. The first kappa shape index (κ1) is 14.6. The van der Waals surface area contributed by atoms with Crippen LogP contribution in [0.2, 0.25) is 0 Å². The smallest absolute Gasteiger partial charge is 0.249 e. The number of sulfonamides is 1. The van der Waals surface area contributed by atoms with Crippen molar-refractivity contribution < 1.29 is 13.2 Å². The van der Waals surface area contributed by atoms with Gasteiger partial charge in [0.1, 0.15) is 0 Å². The normalized spacial score (nSPS) is 17.3. The Morgan fingerprint density at radius 3 is 2.42 bits per heavy atom. The molecule has 19 heavy (non-hydrogen) atoms. The zero-order chi connectivity index (χ0) is 13.7. The molecule has 1 aliphatic heterocycles. The highest BCUT2D eigenvalue weighted by molar-refractivity contribution is 8.00. The molecule has 5 nitrogen and oxygen atoms in total. The number of benzene rings is 1. The molecule has 1 fully saturated rings. The van der Waals surface area contributed by atoms with E-state index in [9.17, 15) is 8.42 Å². The van der Waals surface area contributed by atoms with Crippen molar-refractivity contribution in [3.05, 3.63) is 24.3 Å². The van der Waals surface area contributed by atoms with Crippen LogP contribution in [0.25, 0.3) is 0 Å². The molecule has 1 aliphatic rings. The number of nitrogens with one attached hydrogen (secondary N) is 2. The van der Waals surface area contributed by atoms with Gasteiger partial charge in [-0.2, -0.15) is 4.13 Å². The van der Waals surface area contributed by atoms with Gasteiger partial charge >= 0.3 is 0 Å². The number of rotatable bonds is 5. The van der Waals surface area contributed by atoms with Crippen LogP contribution in [-0.2, 0) is 14.8 Å². The van der Waals surface area contributed by atoms with E-state index < -0.39 is 10.0 Å². The van der Waals surface area contributed by atoms with Crippen LogP contribution in [0, 0.1) is 5.92 Å². The molecule has 1 aromatic rings. The standard InChI is InChI=1S/C12H18N2O3S2/c15-19(16,14-18)12-3-1-11(2-4-12)13-9-10-5-7-17-8-6-10/h1-4,10,13-14,18H,5-9H2. The van der Waals surface area contributed by atoms with Crippen LogP contribution in [0.5, 0.6) is 0 Å². The van der Waals surface area contributed by atoms with Gasteiger partial charge in [0, 0.05) is 25.4 Å². The second-order valence-electron chi connectivity index (χ2n) is 4.56. The molecule has 106 valence electrons. The second kappa shape index (κ2) is 6.60. The molecule has 1 saturated heterocycles. The van der Waals surface area contributed by atoms with Gasteiger partial charge in [-0.25, -0.2) is 8.42 Å². The summed E-state index contributed by atoms with van der Waals surface area (Å²) in [7, 11) is -3.48. The molecule has 0 amide bonds. The fraction of sp³-hybridized carbons (Fsp3) is 0.500. The summed E-state index contributed by atoms with van der Waals surface area (Å²) in [5.74, 6) is 0.622. The fourth-order valence-corrected chi connectivity index (χ4v) is 2.93. The highest BCUT2D eigenvalue weighted by Gasteiger charge is 2.14.